The summed E-state index contributed by atoms with van der Waals surface area (Å²) in [5, 5.41) is 6.79. The summed E-state index contributed by atoms with van der Waals surface area (Å²) in [6.07, 6.45) is 1.93. The highest BCUT2D eigenvalue weighted by atomic mass is 32.1. The molecule has 1 unspecified atom stereocenters. The molecule has 160 valence electrons. The molecule has 1 atom stereocenters. The Morgan fingerprint density at radius 2 is 1.87 bits per heavy atom. The second-order valence-electron chi connectivity index (χ2n) is 7.53. The van der Waals surface area contributed by atoms with Gasteiger partial charge in [-0.1, -0.05) is 48.5 Å². The maximum atomic E-state index is 13.1. The number of hydrogen-bond donors (Lipinski definition) is 3. The highest BCUT2D eigenvalue weighted by molar-refractivity contribution is 7.19. The van der Waals surface area contributed by atoms with Crippen LogP contribution in [-0.4, -0.2) is 30.9 Å². The molecule has 1 aliphatic rings. The maximum Gasteiger partial charge on any atom is 0.256 e. The number of amides is 1. The number of carbonyl (C=O) groups excluding carboxylic acids is 2. The van der Waals surface area contributed by atoms with Gasteiger partial charge < -0.3 is 21.1 Å². The van der Waals surface area contributed by atoms with Gasteiger partial charge in [-0.05, 0) is 31.4 Å². The van der Waals surface area contributed by atoms with Crippen molar-refractivity contribution in [2.75, 3.05) is 24.2 Å². The van der Waals surface area contributed by atoms with E-state index in [1.165, 1.54) is 11.3 Å². The molecule has 31 heavy (non-hydrogen) atoms. The summed E-state index contributed by atoms with van der Waals surface area (Å²) in [7, 11) is 0. The average molecular weight is 436 g/mol. The summed E-state index contributed by atoms with van der Waals surface area (Å²) >= 11 is 1.20. The molecule has 7 heteroatoms. The van der Waals surface area contributed by atoms with Gasteiger partial charge in [-0.2, -0.15) is 0 Å². The molecule has 2 heterocycles. The number of nitrogens with one attached hydrogen (secondary N) is 2. The van der Waals surface area contributed by atoms with Gasteiger partial charge in [-0.3, -0.25) is 9.59 Å². The Morgan fingerprint density at radius 1 is 1.13 bits per heavy atom. The van der Waals surface area contributed by atoms with Crippen LogP contribution in [0.25, 0.3) is 0 Å². The van der Waals surface area contributed by atoms with E-state index in [0.29, 0.717) is 27.5 Å². The van der Waals surface area contributed by atoms with Gasteiger partial charge in [-0.15, -0.1) is 11.3 Å². The molecule has 0 bridgehead atoms. The first kappa shape index (κ1) is 21.1. The topological polar surface area (TPSA) is 93.5 Å². The Hall–Kier alpha value is -3.16. The van der Waals surface area contributed by atoms with Gasteiger partial charge in [0, 0.05) is 24.4 Å². The second kappa shape index (κ2) is 9.32. The molecular weight excluding hydrogens is 410 g/mol. The third-order valence-electron chi connectivity index (χ3n) is 5.32. The van der Waals surface area contributed by atoms with Crippen LogP contribution in [-0.2, 0) is 4.74 Å². The van der Waals surface area contributed by atoms with Crippen LogP contribution >= 0.6 is 11.3 Å². The summed E-state index contributed by atoms with van der Waals surface area (Å²) in [4.78, 5) is 26.5. The molecule has 6 nitrogen and oxygen atoms in total. The largest absolute Gasteiger partial charge is 0.397 e. The van der Waals surface area contributed by atoms with Crippen LogP contribution in [0, 0.1) is 6.92 Å². The molecule has 1 saturated heterocycles. The zero-order chi connectivity index (χ0) is 21.8. The van der Waals surface area contributed by atoms with E-state index >= 15 is 0 Å². The minimum Gasteiger partial charge on any atom is -0.397 e. The number of thiophene rings is 1. The van der Waals surface area contributed by atoms with Crippen LogP contribution in [0.4, 0.5) is 16.4 Å². The Morgan fingerprint density at radius 3 is 2.58 bits per heavy atom. The fraction of sp³-hybridized carbons (Fsp3) is 0.250. The Labute approximate surface area is 185 Å². The number of para-hydroxylation sites is 1. The van der Waals surface area contributed by atoms with Gasteiger partial charge in [0.2, 0.25) is 5.78 Å². The van der Waals surface area contributed by atoms with E-state index in [1.54, 1.807) is 24.3 Å². The lowest BCUT2D eigenvalue weighted by Gasteiger charge is -2.13. The lowest BCUT2D eigenvalue weighted by Crippen LogP contribution is -2.32. The third kappa shape index (κ3) is 4.62. The summed E-state index contributed by atoms with van der Waals surface area (Å²) < 4.78 is 5.60. The zero-order valence-electron chi connectivity index (χ0n) is 17.3. The summed E-state index contributed by atoms with van der Waals surface area (Å²) in [5.41, 5.74) is 9.28. The molecule has 1 amide bonds. The SMILES string of the molecule is Cc1ccccc1Nc1sc(C(=O)c2ccccc2)c(N)c1C(=O)NCC1CCCO1. The van der Waals surface area contributed by atoms with Crippen molar-refractivity contribution in [2.45, 2.75) is 25.9 Å². The van der Waals surface area contributed by atoms with Crippen LogP contribution in [0.3, 0.4) is 0 Å². The van der Waals surface area contributed by atoms with E-state index in [9.17, 15) is 9.59 Å². The first-order valence-corrected chi connectivity index (χ1v) is 11.1. The van der Waals surface area contributed by atoms with Crippen molar-refractivity contribution in [3.8, 4) is 0 Å². The smallest absolute Gasteiger partial charge is 0.256 e. The van der Waals surface area contributed by atoms with Crippen molar-refractivity contribution in [3.63, 3.8) is 0 Å². The highest BCUT2D eigenvalue weighted by Crippen LogP contribution is 2.39. The van der Waals surface area contributed by atoms with E-state index in [0.717, 1.165) is 30.7 Å². The van der Waals surface area contributed by atoms with Gasteiger partial charge in [0.05, 0.1) is 17.4 Å². The number of benzene rings is 2. The zero-order valence-corrected chi connectivity index (χ0v) is 18.1. The molecule has 0 spiro atoms. The van der Waals surface area contributed by atoms with E-state index in [4.69, 9.17) is 10.5 Å². The van der Waals surface area contributed by atoms with Gasteiger partial charge >= 0.3 is 0 Å². The van der Waals surface area contributed by atoms with Crippen molar-refractivity contribution >= 4 is 39.4 Å². The quantitative estimate of drug-likeness (QED) is 0.475. The fourth-order valence-electron chi connectivity index (χ4n) is 3.58. The van der Waals surface area contributed by atoms with Crippen molar-refractivity contribution in [1.29, 1.82) is 0 Å². The molecule has 0 aliphatic carbocycles. The molecule has 4 N–H and O–H groups in total. The number of ketones is 1. The van der Waals surface area contributed by atoms with Crippen molar-refractivity contribution in [1.82, 2.24) is 5.32 Å². The number of rotatable bonds is 7. The molecule has 1 aliphatic heterocycles. The second-order valence-corrected chi connectivity index (χ2v) is 8.55. The molecule has 3 aromatic rings. The first-order chi connectivity index (χ1) is 15.0. The molecule has 4 rings (SSSR count). The molecular formula is C24H25N3O3S. The van der Waals surface area contributed by atoms with Gasteiger partial charge in [0.25, 0.3) is 5.91 Å². The summed E-state index contributed by atoms with van der Waals surface area (Å²) in [6, 6.07) is 16.7. The molecule has 1 aromatic heterocycles. The number of aryl methyl sites for hydroxylation is 1. The standard InChI is InChI=1S/C24H25N3O3S/c1-15-8-5-6-12-18(15)27-24-19(23(29)26-14-17-11-7-13-30-17)20(25)22(31-24)21(28)16-9-3-2-4-10-16/h2-6,8-10,12,17,27H,7,11,13-14,25H2,1H3,(H,26,29). The number of carbonyl (C=O) groups is 2. The Bertz CT molecular complexity index is 1090. The Balaban J connectivity index is 1.68. The van der Waals surface area contributed by atoms with E-state index in [2.05, 4.69) is 10.6 Å². The predicted molar refractivity (Wildman–Crippen MR) is 124 cm³/mol. The predicted octanol–water partition coefficient (Wildman–Crippen LogP) is 4.52. The van der Waals surface area contributed by atoms with Gasteiger partial charge in [0.1, 0.15) is 9.88 Å². The van der Waals surface area contributed by atoms with Gasteiger partial charge in [0.15, 0.2) is 0 Å². The highest BCUT2D eigenvalue weighted by Gasteiger charge is 2.27. The normalized spacial score (nSPS) is 15.6. The third-order valence-corrected chi connectivity index (χ3v) is 6.44. The molecule has 0 saturated carbocycles. The van der Waals surface area contributed by atoms with Crippen LogP contribution < -0.4 is 16.4 Å². The van der Waals surface area contributed by atoms with Crippen LogP contribution in [0.15, 0.2) is 54.6 Å². The minimum absolute atomic E-state index is 0.0157. The summed E-state index contributed by atoms with van der Waals surface area (Å²) in [6.45, 7) is 3.11. The van der Waals surface area contributed by atoms with Crippen molar-refractivity contribution in [2.24, 2.45) is 0 Å². The number of nitrogen functional groups attached to an aromatic ring is 1. The molecule has 1 fully saturated rings. The van der Waals surface area contributed by atoms with E-state index < -0.39 is 0 Å². The lowest BCUT2D eigenvalue weighted by molar-refractivity contribution is 0.0859. The molecule has 2 aromatic carbocycles. The molecule has 0 radical (unpaired) electrons. The summed E-state index contributed by atoms with van der Waals surface area (Å²) in [5.74, 6) is -0.512. The number of ether oxygens (including phenoxy) is 1. The Kier molecular flexibility index (Phi) is 6.34. The minimum atomic E-state index is -0.313. The van der Waals surface area contributed by atoms with E-state index in [-0.39, 0.29) is 23.5 Å². The van der Waals surface area contributed by atoms with Crippen molar-refractivity contribution in [3.05, 3.63) is 76.2 Å². The van der Waals surface area contributed by atoms with Crippen molar-refractivity contribution < 1.29 is 14.3 Å². The van der Waals surface area contributed by atoms with Crippen LogP contribution in [0.1, 0.15) is 44.0 Å². The first-order valence-electron chi connectivity index (χ1n) is 10.3. The van der Waals surface area contributed by atoms with E-state index in [1.807, 2.05) is 37.3 Å². The number of hydrogen-bond acceptors (Lipinski definition) is 6. The van der Waals surface area contributed by atoms with Crippen LogP contribution in [0.2, 0.25) is 0 Å². The number of nitrogens with two attached hydrogens (primary N) is 1. The lowest BCUT2D eigenvalue weighted by atomic mass is 10.1. The maximum absolute atomic E-state index is 13.1. The average Bonchev–Trinajstić information content (AvgIpc) is 3.42. The fourth-order valence-corrected chi connectivity index (χ4v) is 4.67. The van der Waals surface area contributed by atoms with Gasteiger partial charge in [-0.25, -0.2) is 0 Å². The number of anilines is 3. The van der Waals surface area contributed by atoms with Crippen LogP contribution in [0.5, 0.6) is 0 Å². The monoisotopic (exact) mass is 435 g/mol.